The Balaban J connectivity index is 1.54. The summed E-state index contributed by atoms with van der Waals surface area (Å²) in [5.41, 5.74) is 9.66. The highest BCUT2D eigenvalue weighted by atomic mass is 16.6. The van der Waals surface area contributed by atoms with Crippen molar-refractivity contribution in [3.8, 4) is 11.6 Å². The molecule has 162 valence electrons. The lowest BCUT2D eigenvalue weighted by Gasteiger charge is -2.26. The summed E-state index contributed by atoms with van der Waals surface area (Å²) in [7, 11) is 1.59. The van der Waals surface area contributed by atoms with Gasteiger partial charge in [-0.2, -0.15) is 9.78 Å². The number of carbonyl (C=O) groups excluding carboxylic acids is 1. The van der Waals surface area contributed by atoms with Gasteiger partial charge < -0.3 is 15.2 Å². The van der Waals surface area contributed by atoms with Crippen LogP contribution in [-0.2, 0) is 11.3 Å². The largest absolute Gasteiger partial charge is 0.497 e. The maximum atomic E-state index is 12.8. The third-order valence-electron chi connectivity index (χ3n) is 4.65. The van der Waals surface area contributed by atoms with Gasteiger partial charge in [0.2, 0.25) is 11.6 Å². The molecule has 1 saturated heterocycles. The summed E-state index contributed by atoms with van der Waals surface area (Å²) in [6.45, 7) is 2.99. The van der Waals surface area contributed by atoms with E-state index in [1.165, 1.54) is 10.9 Å². The molecule has 0 saturated carbocycles. The van der Waals surface area contributed by atoms with Crippen LogP contribution in [-0.4, -0.2) is 75.7 Å². The van der Waals surface area contributed by atoms with Gasteiger partial charge in [0.05, 0.1) is 32.2 Å². The minimum atomic E-state index is -0.519. The van der Waals surface area contributed by atoms with Crippen molar-refractivity contribution in [2.75, 3.05) is 39.1 Å². The van der Waals surface area contributed by atoms with Gasteiger partial charge in [0, 0.05) is 19.6 Å². The maximum absolute atomic E-state index is 12.8. The average Bonchev–Trinajstić information content (AvgIpc) is 3.40. The number of hydrazone groups is 1. The Kier molecular flexibility index (Phi) is 6.14. The Morgan fingerprint density at radius 2 is 2.06 bits per heavy atom. The molecule has 0 unspecified atom stereocenters. The number of ether oxygens (including phenoxy) is 2. The first kappa shape index (κ1) is 20.4. The van der Waals surface area contributed by atoms with Crippen LogP contribution in [0.25, 0.3) is 5.82 Å². The summed E-state index contributed by atoms with van der Waals surface area (Å²) in [6.07, 6.45) is 1.52. The van der Waals surface area contributed by atoms with Crippen molar-refractivity contribution in [3.63, 3.8) is 0 Å². The first-order valence-corrected chi connectivity index (χ1v) is 9.46. The molecule has 0 spiro atoms. The van der Waals surface area contributed by atoms with E-state index in [1.807, 2.05) is 12.1 Å². The number of amides is 1. The molecular formula is C18H21N9O4. The molecule has 1 aliphatic heterocycles. The Morgan fingerprint density at radius 3 is 2.74 bits per heavy atom. The van der Waals surface area contributed by atoms with Crippen molar-refractivity contribution in [1.29, 1.82) is 0 Å². The molecular weight excluding hydrogens is 406 g/mol. The molecule has 3 aromatic rings. The summed E-state index contributed by atoms with van der Waals surface area (Å²) in [5.74, 6) is 0.413. The number of nitrogens with two attached hydrogens (primary N) is 1. The molecule has 0 bridgehead atoms. The van der Waals surface area contributed by atoms with Gasteiger partial charge in [0.1, 0.15) is 5.75 Å². The van der Waals surface area contributed by atoms with E-state index < -0.39 is 5.91 Å². The van der Waals surface area contributed by atoms with Gasteiger partial charge in [0.25, 0.3) is 5.91 Å². The highest BCUT2D eigenvalue weighted by molar-refractivity contribution is 5.94. The van der Waals surface area contributed by atoms with Crippen LogP contribution in [0.3, 0.4) is 0 Å². The van der Waals surface area contributed by atoms with E-state index in [4.69, 9.17) is 15.2 Å². The SMILES string of the molecule is COc1ccc(/C=N\NC(=O)c2nnn(-c3nonc3N)c2CN2CCOCC2)cc1. The fraction of sp³-hybridized carbons (Fsp3) is 0.333. The fourth-order valence-electron chi connectivity index (χ4n) is 3.01. The molecule has 1 fully saturated rings. The second kappa shape index (κ2) is 9.32. The van der Waals surface area contributed by atoms with Crippen LogP contribution >= 0.6 is 0 Å². The van der Waals surface area contributed by atoms with Gasteiger partial charge >= 0.3 is 0 Å². The molecule has 13 nitrogen and oxygen atoms in total. The van der Waals surface area contributed by atoms with E-state index in [-0.39, 0.29) is 17.3 Å². The zero-order valence-corrected chi connectivity index (χ0v) is 16.8. The Labute approximate surface area is 176 Å². The summed E-state index contributed by atoms with van der Waals surface area (Å²) >= 11 is 0. The molecule has 31 heavy (non-hydrogen) atoms. The van der Waals surface area contributed by atoms with E-state index in [0.29, 0.717) is 38.5 Å². The van der Waals surface area contributed by atoms with Crippen LogP contribution in [0, 0.1) is 0 Å². The fourth-order valence-corrected chi connectivity index (χ4v) is 3.01. The van der Waals surface area contributed by atoms with Crippen molar-refractivity contribution in [3.05, 3.63) is 41.2 Å². The Bertz CT molecular complexity index is 1050. The first-order chi connectivity index (χ1) is 15.2. The van der Waals surface area contributed by atoms with Gasteiger partial charge in [-0.3, -0.25) is 9.69 Å². The molecule has 0 radical (unpaired) electrons. The van der Waals surface area contributed by atoms with Crippen LogP contribution in [0.5, 0.6) is 5.75 Å². The number of benzene rings is 1. The number of hydrogen-bond acceptors (Lipinski definition) is 11. The Morgan fingerprint density at radius 1 is 1.29 bits per heavy atom. The van der Waals surface area contributed by atoms with E-state index in [9.17, 15) is 4.79 Å². The highest BCUT2D eigenvalue weighted by Gasteiger charge is 2.26. The van der Waals surface area contributed by atoms with Crippen molar-refractivity contribution in [1.82, 2.24) is 35.6 Å². The number of hydrogen-bond donors (Lipinski definition) is 2. The predicted molar refractivity (Wildman–Crippen MR) is 108 cm³/mol. The number of nitrogens with one attached hydrogen (secondary N) is 1. The van der Waals surface area contributed by atoms with E-state index >= 15 is 0 Å². The summed E-state index contributed by atoms with van der Waals surface area (Å²) in [6, 6.07) is 7.22. The van der Waals surface area contributed by atoms with Gasteiger partial charge in [-0.25, -0.2) is 10.1 Å². The van der Waals surface area contributed by atoms with E-state index in [2.05, 4.69) is 40.7 Å². The molecule has 3 heterocycles. The van der Waals surface area contributed by atoms with Crippen LogP contribution in [0.4, 0.5) is 5.82 Å². The third kappa shape index (κ3) is 4.67. The quantitative estimate of drug-likeness (QED) is 0.383. The van der Waals surface area contributed by atoms with Crippen LogP contribution in [0.2, 0.25) is 0 Å². The number of nitrogens with zero attached hydrogens (tertiary/aromatic N) is 7. The standard InChI is InChI=1S/C18H21N9O4/c1-29-13-4-2-12(3-5-13)10-20-22-18(28)15-14(11-26-6-8-30-9-7-26)27(25-21-15)17-16(19)23-31-24-17/h2-5,10H,6-9,11H2,1H3,(H2,19,23)(H,22,28)/b20-10-. The maximum Gasteiger partial charge on any atom is 0.293 e. The molecule has 2 aromatic heterocycles. The second-order valence-corrected chi connectivity index (χ2v) is 6.63. The molecule has 3 N–H and O–H groups in total. The molecule has 13 heteroatoms. The van der Waals surface area contributed by atoms with Crippen LogP contribution in [0.15, 0.2) is 34.0 Å². The molecule has 1 aromatic carbocycles. The zero-order chi connectivity index (χ0) is 21.6. The smallest absolute Gasteiger partial charge is 0.293 e. The van der Waals surface area contributed by atoms with Gasteiger partial charge in [0.15, 0.2) is 5.69 Å². The van der Waals surface area contributed by atoms with Crippen LogP contribution < -0.4 is 15.9 Å². The number of methoxy groups -OCH3 is 1. The topological polar surface area (TPSA) is 159 Å². The number of morpholine rings is 1. The molecule has 1 amide bonds. The molecule has 4 rings (SSSR count). The summed E-state index contributed by atoms with van der Waals surface area (Å²) in [4.78, 5) is 14.9. The van der Waals surface area contributed by atoms with Crippen LogP contribution in [0.1, 0.15) is 21.7 Å². The van der Waals surface area contributed by atoms with Gasteiger partial charge in [-0.05, 0) is 40.1 Å². The van der Waals surface area contributed by atoms with Gasteiger partial charge in [-0.15, -0.1) is 5.10 Å². The number of nitrogen functional groups attached to an aromatic ring is 1. The first-order valence-electron chi connectivity index (χ1n) is 9.46. The summed E-state index contributed by atoms with van der Waals surface area (Å²) < 4.78 is 16.5. The zero-order valence-electron chi connectivity index (χ0n) is 16.8. The summed E-state index contributed by atoms with van der Waals surface area (Å²) in [5, 5.41) is 19.4. The minimum Gasteiger partial charge on any atom is -0.497 e. The van der Waals surface area contributed by atoms with Gasteiger partial charge in [-0.1, -0.05) is 5.21 Å². The normalized spacial score (nSPS) is 14.7. The van der Waals surface area contributed by atoms with E-state index in [0.717, 1.165) is 11.3 Å². The van der Waals surface area contributed by atoms with Crippen molar-refractivity contribution in [2.45, 2.75) is 6.54 Å². The number of carbonyl (C=O) groups is 1. The number of anilines is 1. The van der Waals surface area contributed by atoms with Crippen molar-refractivity contribution in [2.24, 2.45) is 5.10 Å². The predicted octanol–water partition coefficient (Wildman–Crippen LogP) is -0.163. The average molecular weight is 427 g/mol. The third-order valence-corrected chi connectivity index (χ3v) is 4.65. The number of rotatable bonds is 7. The lowest BCUT2D eigenvalue weighted by atomic mass is 10.2. The van der Waals surface area contributed by atoms with E-state index in [1.54, 1.807) is 19.2 Å². The monoisotopic (exact) mass is 427 g/mol. The number of aromatic nitrogens is 5. The van der Waals surface area contributed by atoms with Crippen molar-refractivity contribution < 1.29 is 18.9 Å². The lowest BCUT2D eigenvalue weighted by Crippen LogP contribution is -2.37. The Hall–Kier alpha value is -3.84. The van der Waals surface area contributed by atoms with Crippen molar-refractivity contribution >= 4 is 17.9 Å². The lowest BCUT2D eigenvalue weighted by molar-refractivity contribution is 0.0332. The highest BCUT2D eigenvalue weighted by Crippen LogP contribution is 2.18. The molecule has 1 aliphatic rings. The second-order valence-electron chi connectivity index (χ2n) is 6.63. The molecule has 0 aliphatic carbocycles. The molecule has 0 atom stereocenters. The minimum absolute atomic E-state index is 0.0395.